The number of halogens is 2. The number of nitrogens with one attached hydrogen (secondary N) is 1. The number of piperidine rings is 1. The van der Waals surface area contributed by atoms with Crippen LogP contribution in [0.4, 0.5) is 13.6 Å². The van der Waals surface area contributed by atoms with Crippen molar-refractivity contribution in [3.8, 4) is 5.75 Å². The summed E-state index contributed by atoms with van der Waals surface area (Å²) in [5, 5.41) is 3.09. The largest absolute Gasteiger partial charge is 0.415 e. The summed E-state index contributed by atoms with van der Waals surface area (Å²) in [6, 6.07) is 6.71. The minimum absolute atomic E-state index is 0.0617. The second-order valence-corrected chi connectivity index (χ2v) is 8.21. The molecule has 0 spiro atoms. The van der Waals surface area contributed by atoms with Gasteiger partial charge >= 0.3 is 6.09 Å². The summed E-state index contributed by atoms with van der Waals surface area (Å²) < 4.78 is 32.0. The Kier molecular flexibility index (Phi) is 7.55. The summed E-state index contributed by atoms with van der Waals surface area (Å²) in [6.45, 7) is 5.09. The Labute approximate surface area is 180 Å². The average Bonchev–Trinajstić information content (AvgIpc) is 2.75. The van der Waals surface area contributed by atoms with Crippen LogP contribution < -0.4 is 10.1 Å². The van der Waals surface area contributed by atoms with E-state index in [0.29, 0.717) is 37.4 Å². The monoisotopic (exact) mass is 431 g/mol. The lowest BCUT2D eigenvalue weighted by molar-refractivity contribution is 0.0870. The Morgan fingerprint density at radius 1 is 1.16 bits per heavy atom. The zero-order chi connectivity index (χ0) is 22.4. The quantitative estimate of drug-likeness (QED) is 0.735. The molecule has 1 aromatic carbocycles. The molecule has 6 nitrogen and oxygen atoms in total. The Morgan fingerprint density at radius 2 is 1.84 bits per heavy atom. The van der Waals surface area contributed by atoms with E-state index in [4.69, 9.17) is 4.74 Å². The van der Waals surface area contributed by atoms with Gasteiger partial charge in [-0.15, -0.1) is 0 Å². The van der Waals surface area contributed by atoms with Gasteiger partial charge in [0.25, 0.3) is 5.91 Å². The fourth-order valence-corrected chi connectivity index (χ4v) is 3.82. The second kappa shape index (κ2) is 10.3. The zero-order valence-electron chi connectivity index (χ0n) is 17.7. The number of carbonyl (C=O) groups is 2. The van der Waals surface area contributed by atoms with Crippen molar-refractivity contribution in [3.63, 3.8) is 0 Å². The Morgan fingerprint density at radius 3 is 2.45 bits per heavy atom. The lowest BCUT2D eigenvalue weighted by Gasteiger charge is -2.36. The number of carbonyl (C=O) groups excluding carboxylic acids is 2. The van der Waals surface area contributed by atoms with Crippen molar-refractivity contribution < 1.29 is 23.1 Å². The summed E-state index contributed by atoms with van der Waals surface area (Å²) in [7, 11) is 0. The number of nitrogens with zero attached hydrogens (tertiary/aromatic N) is 2. The van der Waals surface area contributed by atoms with Crippen molar-refractivity contribution in [3.05, 3.63) is 59.9 Å². The average molecular weight is 431 g/mol. The summed E-state index contributed by atoms with van der Waals surface area (Å²) in [5.74, 6) is -0.899. The molecule has 2 heterocycles. The highest BCUT2D eigenvalue weighted by atomic mass is 19.1. The Hall–Kier alpha value is -3.03. The third-order valence-electron chi connectivity index (χ3n) is 5.45. The number of amides is 2. The maximum Gasteiger partial charge on any atom is 0.415 e. The molecule has 1 N–H and O–H groups in total. The summed E-state index contributed by atoms with van der Waals surface area (Å²) >= 11 is 0. The number of rotatable bonds is 6. The molecule has 0 bridgehead atoms. The third kappa shape index (κ3) is 6.23. The van der Waals surface area contributed by atoms with Gasteiger partial charge in [-0.05, 0) is 55.4 Å². The van der Waals surface area contributed by atoms with Gasteiger partial charge in [-0.3, -0.25) is 9.78 Å². The number of aromatic nitrogens is 1. The van der Waals surface area contributed by atoms with Crippen LogP contribution in [0.15, 0.2) is 42.7 Å². The van der Waals surface area contributed by atoms with Gasteiger partial charge in [-0.2, -0.15) is 0 Å². The molecule has 0 aliphatic carbocycles. The van der Waals surface area contributed by atoms with Gasteiger partial charge in [0.15, 0.2) is 11.6 Å². The standard InChI is InChI=1S/C23H27F2N3O3/c1-15(2)13-20(27-22(29)17-3-5-18(24)6-4-17)16-8-11-28(12-9-16)23(30)31-21-7-10-26-14-19(21)25/h3-7,10,14-16,20H,8-9,11-13H2,1-2H3,(H,27,29). The van der Waals surface area contributed by atoms with Gasteiger partial charge in [-0.25, -0.2) is 13.6 Å². The molecular formula is C23H27F2N3O3. The number of benzene rings is 1. The molecule has 0 radical (unpaired) electrons. The Balaban J connectivity index is 1.58. The molecular weight excluding hydrogens is 404 g/mol. The van der Waals surface area contributed by atoms with Crippen molar-refractivity contribution in [2.75, 3.05) is 13.1 Å². The van der Waals surface area contributed by atoms with Crippen LogP contribution in [0.3, 0.4) is 0 Å². The summed E-state index contributed by atoms with van der Waals surface area (Å²) in [5.41, 5.74) is 0.413. The van der Waals surface area contributed by atoms with Crippen LogP contribution in [0.25, 0.3) is 0 Å². The van der Waals surface area contributed by atoms with Gasteiger partial charge < -0.3 is 15.0 Å². The summed E-state index contributed by atoms with van der Waals surface area (Å²) in [6.07, 6.45) is 3.93. The highest BCUT2D eigenvalue weighted by Crippen LogP contribution is 2.26. The van der Waals surface area contributed by atoms with E-state index in [1.54, 1.807) is 4.90 Å². The lowest BCUT2D eigenvalue weighted by Crippen LogP contribution is -2.47. The maximum absolute atomic E-state index is 13.7. The van der Waals surface area contributed by atoms with E-state index in [1.165, 1.54) is 36.5 Å². The zero-order valence-corrected chi connectivity index (χ0v) is 17.7. The van der Waals surface area contributed by atoms with Crippen LogP contribution in [0.5, 0.6) is 5.75 Å². The predicted molar refractivity (Wildman–Crippen MR) is 112 cm³/mol. The van der Waals surface area contributed by atoms with Gasteiger partial charge in [0.2, 0.25) is 0 Å². The van der Waals surface area contributed by atoms with Crippen LogP contribution >= 0.6 is 0 Å². The van der Waals surface area contributed by atoms with Gasteiger partial charge in [-0.1, -0.05) is 13.8 Å². The summed E-state index contributed by atoms with van der Waals surface area (Å²) in [4.78, 5) is 30.2. The van der Waals surface area contributed by atoms with E-state index in [1.807, 2.05) is 0 Å². The van der Waals surface area contributed by atoms with Crippen molar-refractivity contribution in [1.29, 1.82) is 0 Å². The fraction of sp³-hybridized carbons (Fsp3) is 0.435. The van der Waals surface area contributed by atoms with Crippen LogP contribution in [-0.4, -0.2) is 41.0 Å². The smallest absolute Gasteiger partial charge is 0.407 e. The number of ether oxygens (including phenoxy) is 1. The van der Waals surface area contributed by atoms with E-state index in [2.05, 4.69) is 24.1 Å². The molecule has 2 amide bonds. The first-order valence-electron chi connectivity index (χ1n) is 10.5. The first-order valence-corrected chi connectivity index (χ1v) is 10.5. The molecule has 3 rings (SSSR count). The second-order valence-electron chi connectivity index (χ2n) is 8.21. The van der Waals surface area contributed by atoms with Crippen LogP contribution in [0.2, 0.25) is 0 Å². The molecule has 1 saturated heterocycles. The highest BCUT2D eigenvalue weighted by Gasteiger charge is 2.31. The highest BCUT2D eigenvalue weighted by molar-refractivity contribution is 5.94. The van der Waals surface area contributed by atoms with Crippen LogP contribution in [0.1, 0.15) is 43.5 Å². The normalized spacial score (nSPS) is 15.6. The van der Waals surface area contributed by atoms with E-state index in [-0.39, 0.29) is 29.4 Å². The van der Waals surface area contributed by atoms with E-state index >= 15 is 0 Å². The Bertz CT molecular complexity index is 897. The number of hydrogen-bond acceptors (Lipinski definition) is 4. The number of pyridine rings is 1. The van der Waals surface area contributed by atoms with Crippen LogP contribution in [0, 0.1) is 23.5 Å². The van der Waals surface area contributed by atoms with E-state index < -0.39 is 11.9 Å². The van der Waals surface area contributed by atoms with Crippen LogP contribution in [-0.2, 0) is 0 Å². The van der Waals surface area contributed by atoms with Gasteiger partial charge in [0.1, 0.15) is 5.82 Å². The molecule has 0 saturated carbocycles. The van der Waals surface area contributed by atoms with Crippen molar-refractivity contribution >= 4 is 12.0 Å². The number of hydrogen-bond donors (Lipinski definition) is 1. The minimum atomic E-state index is -0.689. The minimum Gasteiger partial charge on any atom is -0.407 e. The number of likely N-dealkylation sites (tertiary alicyclic amines) is 1. The first-order chi connectivity index (χ1) is 14.8. The van der Waals surface area contributed by atoms with E-state index in [9.17, 15) is 18.4 Å². The van der Waals surface area contributed by atoms with Gasteiger partial charge in [0, 0.05) is 37.0 Å². The molecule has 1 unspecified atom stereocenters. The molecule has 1 aromatic heterocycles. The molecule has 1 atom stereocenters. The molecule has 1 aliphatic rings. The van der Waals surface area contributed by atoms with Crippen molar-refractivity contribution in [2.24, 2.45) is 11.8 Å². The molecule has 1 fully saturated rings. The van der Waals surface area contributed by atoms with Gasteiger partial charge in [0.05, 0.1) is 6.20 Å². The van der Waals surface area contributed by atoms with Crippen molar-refractivity contribution in [1.82, 2.24) is 15.2 Å². The van der Waals surface area contributed by atoms with E-state index in [0.717, 1.165) is 12.6 Å². The lowest BCUT2D eigenvalue weighted by atomic mass is 9.85. The third-order valence-corrected chi connectivity index (χ3v) is 5.45. The SMILES string of the molecule is CC(C)CC(NC(=O)c1ccc(F)cc1)C1CCN(C(=O)Oc2ccncc2F)CC1. The molecule has 2 aromatic rings. The predicted octanol–water partition coefficient (Wildman–Crippen LogP) is 4.42. The molecule has 166 valence electrons. The first kappa shape index (κ1) is 22.7. The maximum atomic E-state index is 13.7. The fourth-order valence-electron chi connectivity index (χ4n) is 3.82. The molecule has 1 aliphatic heterocycles. The topological polar surface area (TPSA) is 71.5 Å². The molecule has 31 heavy (non-hydrogen) atoms. The molecule has 8 heteroatoms. The van der Waals surface area contributed by atoms with Crippen molar-refractivity contribution in [2.45, 2.75) is 39.2 Å².